The van der Waals surface area contributed by atoms with Gasteiger partial charge in [0.25, 0.3) is 5.91 Å². The second kappa shape index (κ2) is 9.45. The van der Waals surface area contributed by atoms with E-state index >= 15 is 0 Å². The molecule has 0 saturated carbocycles. The van der Waals surface area contributed by atoms with Gasteiger partial charge in [0.05, 0.1) is 12.8 Å². The normalized spacial score (nSPS) is 19.5. The summed E-state index contributed by atoms with van der Waals surface area (Å²) in [5, 5.41) is 0. The Morgan fingerprint density at radius 1 is 1.26 bits per heavy atom. The van der Waals surface area contributed by atoms with Crippen LogP contribution in [-0.4, -0.2) is 50.7 Å². The van der Waals surface area contributed by atoms with Gasteiger partial charge in [0.1, 0.15) is 11.5 Å². The van der Waals surface area contributed by atoms with Crippen molar-refractivity contribution in [1.29, 1.82) is 0 Å². The summed E-state index contributed by atoms with van der Waals surface area (Å²) >= 11 is 0. The summed E-state index contributed by atoms with van der Waals surface area (Å²) in [7, 11) is 1.64. The molecule has 1 atom stereocenters. The number of piperidine rings is 1. The minimum absolute atomic E-state index is 0.0286. The zero-order valence-corrected chi connectivity index (χ0v) is 17.1. The fourth-order valence-corrected chi connectivity index (χ4v) is 4.27. The first kappa shape index (κ1) is 20.0. The second-order valence-corrected chi connectivity index (χ2v) is 8.12. The highest BCUT2D eigenvalue weighted by Gasteiger charge is 2.28. The maximum Gasteiger partial charge on any atom is 0.265 e. The van der Waals surface area contributed by atoms with Crippen LogP contribution in [0.3, 0.4) is 0 Å². The molecule has 0 spiro atoms. The molecule has 5 nitrogen and oxygen atoms in total. The summed E-state index contributed by atoms with van der Waals surface area (Å²) in [5.74, 6) is 2.87. The Morgan fingerprint density at radius 2 is 2.04 bits per heavy atom. The fourth-order valence-electron chi connectivity index (χ4n) is 4.27. The van der Waals surface area contributed by atoms with E-state index in [4.69, 9.17) is 9.47 Å². The molecule has 0 radical (unpaired) electrons. The minimum atomic E-state index is 0.0286. The lowest BCUT2D eigenvalue weighted by Crippen LogP contribution is -2.44. The molecule has 1 saturated heterocycles. The number of benzene rings is 1. The van der Waals surface area contributed by atoms with Crippen LogP contribution >= 0.6 is 0 Å². The summed E-state index contributed by atoms with van der Waals surface area (Å²) in [6, 6.07) is 5.66. The molecule has 1 aromatic rings. The number of carbonyl (C=O) groups excluding carboxylic acids is 1. The molecule has 1 aromatic carbocycles. The van der Waals surface area contributed by atoms with E-state index in [-0.39, 0.29) is 12.5 Å². The topological polar surface area (TPSA) is 42.0 Å². The molecule has 2 aliphatic heterocycles. The van der Waals surface area contributed by atoms with Crippen molar-refractivity contribution in [3.8, 4) is 11.5 Å². The molecular weight excluding hydrogens is 340 g/mol. The monoisotopic (exact) mass is 374 g/mol. The SMILES string of the molecule is CCCCC1CCN(C[C@@H](C)CN2C(=O)COc3ccc(OC)cc32)CC1. The Morgan fingerprint density at radius 3 is 2.74 bits per heavy atom. The number of amides is 1. The van der Waals surface area contributed by atoms with E-state index in [1.807, 2.05) is 23.1 Å². The number of methoxy groups -OCH3 is 1. The van der Waals surface area contributed by atoms with Gasteiger partial charge in [-0.2, -0.15) is 0 Å². The molecular formula is C22H34N2O3. The van der Waals surface area contributed by atoms with Crippen molar-refractivity contribution in [2.75, 3.05) is 44.8 Å². The summed E-state index contributed by atoms with van der Waals surface area (Å²) in [4.78, 5) is 16.9. The third kappa shape index (κ3) is 5.16. The van der Waals surface area contributed by atoms with Crippen LogP contribution in [0.4, 0.5) is 5.69 Å². The lowest BCUT2D eigenvalue weighted by molar-refractivity contribution is -0.121. The molecule has 5 heteroatoms. The van der Waals surface area contributed by atoms with Gasteiger partial charge in [0, 0.05) is 19.2 Å². The molecule has 1 amide bonds. The van der Waals surface area contributed by atoms with E-state index < -0.39 is 0 Å². The number of hydrogen-bond acceptors (Lipinski definition) is 4. The summed E-state index contributed by atoms with van der Waals surface area (Å²) in [6.45, 7) is 8.79. The van der Waals surface area contributed by atoms with Gasteiger partial charge in [-0.1, -0.05) is 33.1 Å². The van der Waals surface area contributed by atoms with Gasteiger partial charge in [0.15, 0.2) is 6.61 Å². The number of unbranched alkanes of at least 4 members (excludes halogenated alkanes) is 1. The van der Waals surface area contributed by atoms with Gasteiger partial charge in [-0.3, -0.25) is 4.79 Å². The molecule has 2 heterocycles. The van der Waals surface area contributed by atoms with E-state index in [1.54, 1.807) is 7.11 Å². The van der Waals surface area contributed by atoms with Crippen molar-refractivity contribution < 1.29 is 14.3 Å². The van der Waals surface area contributed by atoms with Crippen LogP contribution in [0.2, 0.25) is 0 Å². The van der Waals surface area contributed by atoms with Gasteiger partial charge in [-0.15, -0.1) is 0 Å². The van der Waals surface area contributed by atoms with Crippen LogP contribution in [0.5, 0.6) is 11.5 Å². The molecule has 2 aliphatic rings. The van der Waals surface area contributed by atoms with Crippen LogP contribution in [0.1, 0.15) is 46.0 Å². The largest absolute Gasteiger partial charge is 0.497 e. The van der Waals surface area contributed by atoms with E-state index in [1.165, 1.54) is 45.2 Å². The lowest BCUT2D eigenvalue weighted by atomic mass is 9.91. The minimum Gasteiger partial charge on any atom is -0.497 e. The molecule has 3 rings (SSSR count). The Kier molecular flexibility index (Phi) is 7.00. The highest BCUT2D eigenvalue weighted by atomic mass is 16.5. The highest BCUT2D eigenvalue weighted by molar-refractivity contribution is 5.98. The van der Waals surface area contributed by atoms with Crippen molar-refractivity contribution in [2.45, 2.75) is 46.0 Å². The number of carbonyl (C=O) groups is 1. The Labute approximate surface area is 163 Å². The van der Waals surface area contributed by atoms with Gasteiger partial charge in [0.2, 0.25) is 0 Å². The molecule has 0 aromatic heterocycles. The van der Waals surface area contributed by atoms with Crippen LogP contribution in [-0.2, 0) is 4.79 Å². The number of ether oxygens (including phenoxy) is 2. The quantitative estimate of drug-likeness (QED) is 0.691. The molecule has 0 N–H and O–H groups in total. The fraction of sp³-hybridized carbons (Fsp3) is 0.682. The number of nitrogens with zero attached hydrogens (tertiary/aromatic N) is 2. The van der Waals surface area contributed by atoms with Gasteiger partial charge >= 0.3 is 0 Å². The summed E-state index contributed by atoms with van der Waals surface area (Å²) in [6.07, 6.45) is 6.70. The average molecular weight is 375 g/mol. The number of likely N-dealkylation sites (tertiary alicyclic amines) is 1. The Bertz CT molecular complexity index is 626. The standard InChI is InChI=1S/C22H34N2O3/c1-4-5-6-18-9-11-23(12-10-18)14-17(2)15-24-20-13-19(26-3)7-8-21(20)27-16-22(24)25/h7-8,13,17-18H,4-6,9-12,14-16H2,1-3H3/t17-/m1/s1. The molecule has 0 bridgehead atoms. The molecule has 0 unspecified atom stereocenters. The second-order valence-electron chi connectivity index (χ2n) is 8.12. The van der Waals surface area contributed by atoms with E-state index in [9.17, 15) is 4.79 Å². The number of hydrogen-bond donors (Lipinski definition) is 0. The molecule has 150 valence electrons. The average Bonchev–Trinajstić information content (AvgIpc) is 2.69. The summed E-state index contributed by atoms with van der Waals surface area (Å²) < 4.78 is 10.9. The number of anilines is 1. The van der Waals surface area contributed by atoms with Crippen LogP contribution < -0.4 is 14.4 Å². The van der Waals surface area contributed by atoms with Crippen molar-refractivity contribution in [3.05, 3.63) is 18.2 Å². The Balaban J connectivity index is 1.55. The zero-order chi connectivity index (χ0) is 19.2. The smallest absolute Gasteiger partial charge is 0.265 e. The van der Waals surface area contributed by atoms with Crippen LogP contribution in [0.15, 0.2) is 18.2 Å². The van der Waals surface area contributed by atoms with Crippen molar-refractivity contribution in [3.63, 3.8) is 0 Å². The summed E-state index contributed by atoms with van der Waals surface area (Å²) in [5.41, 5.74) is 0.829. The van der Waals surface area contributed by atoms with Crippen molar-refractivity contribution in [1.82, 2.24) is 4.90 Å². The Hall–Kier alpha value is -1.75. The first-order valence-electron chi connectivity index (χ1n) is 10.4. The molecule has 0 aliphatic carbocycles. The molecule has 1 fully saturated rings. The van der Waals surface area contributed by atoms with Gasteiger partial charge in [-0.25, -0.2) is 0 Å². The predicted octanol–water partition coefficient (Wildman–Crippen LogP) is 3.96. The number of fused-ring (bicyclic) bond motifs is 1. The van der Waals surface area contributed by atoms with Gasteiger partial charge < -0.3 is 19.3 Å². The van der Waals surface area contributed by atoms with E-state index in [0.29, 0.717) is 5.92 Å². The lowest BCUT2D eigenvalue weighted by Gasteiger charge is -2.36. The van der Waals surface area contributed by atoms with E-state index in [0.717, 1.165) is 36.2 Å². The maximum atomic E-state index is 12.5. The third-order valence-corrected chi connectivity index (χ3v) is 5.85. The van der Waals surface area contributed by atoms with Gasteiger partial charge in [-0.05, 0) is 49.9 Å². The van der Waals surface area contributed by atoms with Crippen molar-refractivity contribution >= 4 is 11.6 Å². The third-order valence-electron chi connectivity index (χ3n) is 5.85. The predicted molar refractivity (Wildman–Crippen MR) is 109 cm³/mol. The first-order chi connectivity index (χ1) is 13.1. The van der Waals surface area contributed by atoms with Crippen molar-refractivity contribution in [2.24, 2.45) is 11.8 Å². The first-order valence-corrected chi connectivity index (χ1v) is 10.4. The van der Waals surface area contributed by atoms with Crippen LogP contribution in [0, 0.1) is 11.8 Å². The molecule has 27 heavy (non-hydrogen) atoms. The highest BCUT2D eigenvalue weighted by Crippen LogP contribution is 2.35. The van der Waals surface area contributed by atoms with E-state index in [2.05, 4.69) is 18.7 Å². The number of rotatable bonds is 8. The zero-order valence-electron chi connectivity index (χ0n) is 17.1. The van der Waals surface area contributed by atoms with Crippen LogP contribution in [0.25, 0.3) is 0 Å². The maximum absolute atomic E-state index is 12.5.